The summed E-state index contributed by atoms with van der Waals surface area (Å²) in [5.41, 5.74) is 0. The molecule has 1 aliphatic heterocycles. The van der Waals surface area contributed by atoms with Gasteiger partial charge in [0.25, 0.3) is 0 Å². The van der Waals surface area contributed by atoms with E-state index < -0.39 is 7.14 Å². The Kier molecular flexibility index (Phi) is 2.13. The molecular weight excluding hydrogens is 131 g/mol. The Bertz CT molecular complexity index is 148. The van der Waals surface area contributed by atoms with Crippen LogP contribution < -0.4 is 0 Å². The Labute approximate surface area is 56.5 Å². The normalized spacial score (nSPS) is 22.8. The van der Waals surface area contributed by atoms with Crippen molar-refractivity contribution in [2.45, 2.75) is 13.3 Å². The van der Waals surface area contributed by atoms with Crippen molar-refractivity contribution < 1.29 is 4.57 Å². The molecule has 0 saturated heterocycles. The van der Waals surface area contributed by atoms with Crippen LogP contribution in [0.4, 0.5) is 0 Å². The van der Waals surface area contributed by atoms with E-state index in [1.54, 1.807) is 0 Å². The molecule has 52 valence electrons. The third-order valence-corrected chi connectivity index (χ3v) is 4.69. The lowest BCUT2D eigenvalue weighted by Gasteiger charge is -2.07. The molecule has 9 heavy (non-hydrogen) atoms. The molecule has 0 aromatic rings. The molecule has 1 aliphatic rings. The van der Waals surface area contributed by atoms with E-state index >= 15 is 0 Å². The number of hydrogen-bond acceptors (Lipinski definition) is 1. The van der Waals surface area contributed by atoms with Crippen LogP contribution in [-0.4, -0.2) is 18.5 Å². The molecule has 0 fully saturated rings. The summed E-state index contributed by atoms with van der Waals surface area (Å²) < 4.78 is 11.6. The second-order valence-corrected chi connectivity index (χ2v) is 5.91. The fourth-order valence-electron chi connectivity index (χ4n) is 1.20. The van der Waals surface area contributed by atoms with E-state index in [1.807, 2.05) is 0 Å². The van der Waals surface area contributed by atoms with Crippen LogP contribution in [0.5, 0.6) is 0 Å². The van der Waals surface area contributed by atoms with Gasteiger partial charge in [-0.05, 0) is 6.42 Å². The molecule has 0 spiro atoms. The molecule has 0 aromatic heterocycles. The lowest BCUT2D eigenvalue weighted by molar-refractivity contribution is 0.578. The monoisotopic (exact) mass is 144 g/mol. The van der Waals surface area contributed by atoms with Gasteiger partial charge in [-0.25, -0.2) is 0 Å². The zero-order valence-electron chi connectivity index (χ0n) is 5.84. The molecule has 2 heteroatoms. The van der Waals surface area contributed by atoms with Gasteiger partial charge in [-0.15, -0.1) is 0 Å². The predicted octanol–water partition coefficient (Wildman–Crippen LogP) is 2.33. The molecule has 0 aliphatic carbocycles. The van der Waals surface area contributed by atoms with Crippen LogP contribution in [0.15, 0.2) is 12.2 Å². The predicted molar refractivity (Wildman–Crippen MR) is 41.6 cm³/mol. The van der Waals surface area contributed by atoms with E-state index in [0.29, 0.717) is 0 Å². The second-order valence-electron chi connectivity index (χ2n) is 2.62. The highest BCUT2D eigenvalue weighted by Gasteiger charge is 2.20. The van der Waals surface area contributed by atoms with Crippen LogP contribution in [0.3, 0.4) is 0 Å². The van der Waals surface area contributed by atoms with Crippen molar-refractivity contribution in [3.05, 3.63) is 12.2 Å². The molecule has 0 radical (unpaired) electrons. The molecule has 0 N–H and O–H groups in total. The van der Waals surface area contributed by atoms with Gasteiger partial charge in [-0.3, -0.25) is 0 Å². The van der Waals surface area contributed by atoms with E-state index in [0.717, 1.165) is 24.9 Å². The Balaban J connectivity index is 2.46. The van der Waals surface area contributed by atoms with Crippen molar-refractivity contribution in [2.75, 3.05) is 18.5 Å². The van der Waals surface area contributed by atoms with E-state index in [9.17, 15) is 4.57 Å². The Morgan fingerprint density at radius 1 is 1.44 bits per heavy atom. The maximum atomic E-state index is 11.6. The summed E-state index contributed by atoms with van der Waals surface area (Å²) >= 11 is 0. The van der Waals surface area contributed by atoms with Gasteiger partial charge in [0.15, 0.2) is 0 Å². The highest BCUT2D eigenvalue weighted by molar-refractivity contribution is 7.64. The minimum atomic E-state index is -1.68. The third-order valence-electron chi connectivity index (χ3n) is 1.67. The van der Waals surface area contributed by atoms with Crippen molar-refractivity contribution >= 4 is 7.14 Å². The van der Waals surface area contributed by atoms with Crippen molar-refractivity contribution in [3.8, 4) is 0 Å². The maximum Gasteiger partial charge on any atom is 0.0948 e. The van der Waals surface area contributed by atoms with Crippen molar-refractivity contribution in [1.82, 2.24) is 0 Å². The summed E-state index contributed by atoms with van der Waals surface area (Å²) in [6, 6.07) is 0. The van der Waals surface area contributed by atoms with E-state index in [1.165, 1.54) is 0 Å². The Hall–Kier alpha value is -0.0300. The first-order chi connectivity index (χ1) is 4.27. The van der Waals surface area contributed by atoms with Crippen LogP contribution in [-0.2, 0) is 4.57 Å². The summed E-state index contributed by atoms with van der Waals surface area (Å²) in [6.07, 6.45) is 7.84. The summed E-state index contributed by atoms with van der Waals surface area (Å²) in [6.45, 7) is 2.10. The van der Waals surface area contributed by atoms with Crippen LogP contribution >= 0.6 is 7.14 Å². The standard InChI is InChI=1S/C7H13OP/c1-2-5-9(8)6-3-4-7-9/h3-4H,2,5-7H2,1H3. The fourth-order valence-corrected chi connectivity index (χ4v) is 3.59. The van der Waals surface area contributed by atoms with Gasteiger partial charge in [-0.1, -0.05) is 19.1 Å². The molecule has 0 saturated carbocycles. The minimum Gasteiger partial charge on any atom is -0.323 e. The zero-order chi connectivity index (χ0) is 6.74. The van der Waals surface area contributed by atoms with Gasteiger partial charge in [0.05, 0.1) is 7.14 Å². The zero-order valence-corrected chi connectivity index (χ0v) is 6.73. The molecule has 0 aromatic carbocycles. The van der Waals surface area contributed by atoms with Crippen molar-refractivity contribution in [3.63, 3.8) is 0 Å². The molecule has 0 atom stereocenters. The Morgan fingerprint density at radius 3 is 2.44 bits per heavy atom. The molecule has 0 amide bonds. The average molecular weight is 144 g/mol. The smallest absolute Gasteiger partial charge is 0.0948 e. The Morgan fingerprint density at radius 2 is 2.00 bits per heavy atom. The average Bonchev–Trinajstić information content (AvgIpc) is 2.16. The van der Waals surface area contributed by atoms with E-state index in [-0.39, 0.29) is 0 Å². The van der Waals surface area contributed by atoms with Crippen LogP contribution in [0, 0.1) is 0 Å². The topological polar surface area (TPSA) is 17.1 Å². The van der Waals surface area contributed by atoms with Crippen LogP contribution in [0.25, 0.3) is 0 Å². The van der Waals surface area contributed by atoms with Gasteiger partial charge >= 0.3 is 0 Å². The summed E-state index contributed by atoms with van der Waals surface area (Å²) in [7, 11) is -1.68. The molecule has 1 nitrogen and oxygen atoms in total. The van der Waals surface area contributed by atoms with E-state index in [4.69, 9.17) is 0 Å². The fraction of sp³-hybridized carbons (Fsp3) is 0.714. The maximum absolute atomic E-state index is 11.6. The summed E-state index contributed by atoms with van der Waals surface area (Å²) in [4.78, 5) is 0. The number of allylic oxidation sites excluding steroid dienone is 2. The summed E-state index contributed by atoms with van der Waals surface area (Å²) in [5, 5.41) is 0. The summed E-state index contributed by atoms with van der Waals surface area (Å²) in [5.74, 6) is 0. The molecule has 1 heterocycles. The highest BCUT2D eigenvalue weighted by Crippen LogP contribution is 2.49. The first-order valence-corrected chi connectivity index (χ1v) is 5.75. The van der Waals surface area contributed by atoms with E-state index in [2.05, 4.69) is 19.1 Å². The quantitative estimate of drug-likeness (QED) is 0.429. The van der Waals surface area contributed by atoms with Crippen LogP contribution in [0.1, 0.15) is 13.3 Å². The van der Waals surface area contributed by atoms with Gasteiger partial charge in [0.2, 0.25) is 0 Å². The highest BCUT2D eigenvalue weighted by atomic mass is 31.2. The molecule has 1 rings (SSSR count). The van der Waals surface area contributed by atoms with Gasteiger partial charge in [0, 0.05) is 18.5 Å². The first-order valence-electron chi connectivity index (χ1n) is 3.49. The van der Waals surface area contributed by atoms with Crippen molar-refractivity contribution in [1.29, 1.82) is 0 Å². The largest absolute Gasteiger partial charge is 0.323 e. The molecular formula is C7H13OP. The first kappa shape index (κ1) is 7.08. The minimum absolute atomic E-state index is 0.862. The van der Waals surface area contributed by atoms with Crippen LogP contribution in [0.2, 0.25) is 0 Å². The molecule has 0 bridgehead atoms. The van der Waals surface area contributed by atoms with Gasteiger partial charge in [0.1, 0.15) is 0 Å². The SMILES string of the molecule is CCCP1(=O)CC=CC1. The second kappa shape index (κ2) is 2.70. The van der Waals surface area contributed by atoms with Gasteiger partial charge in [-0.2, -0.15) is 0 Å². The lowest BCUT2D eigenvalue weighted by atomic mass is 10.6. The van der Waals surface area contributed by atoms with Crippen molar-refractivity contribution in [2.24, 2.45) is 0 Å². The number of rotatable bonds is 2. The van der Waals surface area contributed by atoms with Gasteiger partial charge < -0.3 is 4.57 Å². The molecule has 0 unspecified atom stereocenters. The lowest BCUT2D eigenvalue weighted by Crippen LogP contribution is -1.89. The third kappa shape index (κ3) is 1.69. The number of hydrogen-bond donors (Lipinski definition) is 0.